The fourth-order valence-corrected chi connectivity index (χ4v) is 2.46. The van der Waals surface area contributed by atoms with E-state index in [4.69, 9.17) is 0 Å². The molecule has 6 nitrogen and oxygen atoms in total. The minimum Gasteiger partial charge on any atom is -0.348 e. The number of nitrogens with one attached hydrogen (secondary N) is 2. The molecule has 20 heavy (non-hydrogen) atoms. The molecule has 0 spiro atoms. The summed E-state index contributed by atoms with van der Waals surface area (Å²) in [5.74, 6) is -0.0930. The quantitative estimate of drug-likeness (QED) is 0.855. The van der Waals surface area contributed by atoms with Gasteiger partial charge in [0.05, 0.1) is 6.20 Å². The number of rotatable bonds is 5. The van der Waals surface area contributed by atoms with Crippen LogP contribution in [0.3, 0.4) is 0 Å². The molecule has 1 amide bonds. The number of carbonyl (C=O) groups excluding carboxylic acids is 1. The molecule has 2 fully saturated rings. The third kappa shape index (κ3) is 4.18. The van der Waals surface area contributed by atoms with Gasteiger partial charge in [0.25, 0.3) is 5.91 Å². The van der Waals surface area contributed by atoms with Crippen molar-refractivity contribution in [3.05, 3.63) is 11.9 Å². The Balaban J connectivity index is 0.00000147. The zero-order valence-corrected chi connectivity index (χ0v) is 12.4. The smallest absolute Gasteiger partial charge is 0.273 e. The van der Waals surface area contributed by atoms with Crippen molar-refractivity contribution in [3.8, 4) is 0 Å². The summed E-state index contributed by atoms with van der Waals surface area (Å²) in [5, 5.41) is 14.4. The summed E-state index contributed by atoms with van der Waals surface area (Å²) in [4.78, 5) is 11.8. The maximum atomic E-state index is 11.8. The number of amides is 1. The second-order valence-electron chi connectivity index (χ2n) is 5.55. The first kappa shape index (κ1) is 15.3. The van der Waals surface area contributed by atoms with Crippen LogP contribution >= 0.6 is 12.4 Å². The number of hydrogen-bond acceptors (Lipinski definition) is 4. The van der Waals surface area contributed by atoms with Crippen molar-refractivity contribution in [3.63, 3.8) is 0 Å². The van der Waals surface area contributed by atoms with Crippen LogP contribution < -0.4 is 10.6 Å². The van der Waals surface area contributed by atoms with Gasteiger partial charge in [-0.3, -0.25) is 9.48 Å². The van der Waals surface area contributed by atoms with E-state index in [0.717, 1.165) is 32.4 Å². The van der Waals surface area contributed by atoms with E-state index in [1.165, 1.54) is 19.3 Å². The van der Waals surface area contributed by atoms with Gasteiger partial charge in [-0.1, -0.05) is 11.6 Å². The Labute approximate surface area is 125 Å². The SMILES string of the molecule is Cl.O=C(NC1CC1)c1cn(CCC2CCCCN2)nn1. The van der Waals surface area contributed by atoms with Gasteiger partial charge in [-0.05, 0) is 38.6 Å². The van der Waals surface area contributed by atoms with Gasteiger partial charge in [0.15, 0.2) is 5.69 Å². The topological polar surface area (TPSA) is 71.8 Å². The van der Waals surface area contributed by atoms with Crippen LogP contribution in [0.1, 0.15) is 49.0 Å². The molecule has 1 aliphatic carbocycles. The Kier molecular flexibility index (Phi) is 5.37. The van der Waals surface area contributed by atoms with E-state index in [2.05, 4.69) is 20.9 Å². The maximum absolute atomic E-state index is 11.8. The molecule has 2 heterocycles. The predicted octanol–water partition coefficient (Wildman–Crippen LogP) is 1.12. The van der Waals surface area contributed by atoms with Crippen LogP contribution in [0.4, 0.5) is 0 Å². The van der Waals surface area contributed by atoms with E-state index in [1.807, 2.05) is 0 Å². The van der Waals surface area contributed by atoms with Crippen molar-refractivity contribution in [1.29, 1.82) is 0 Å². The second-order valence-corrected chi connectivity index (χ2v) is 5.55. The molecule has 0 aromatic carbocycles. The van der Waals surface area contributed by atoms with E-state index in [0.29, 0.717) is 17.8 Å². The molecule has 1 unspecified atom stereocenters. The lowest BCUT2D eigenvalue weighted by Gasteiger charge is -2.23. The minimum atomic E-state index is -0.0930. The van der Waals surface area contributed by atoms with Crippen molar-refractivity contribution in [2.24, 2.45) is 0 Å². The van der Waals surface area contributed by atoms with Crippen molar-refractivity contribution in [1.82, 2.24) is 25.6 Å². The van der Waals surface area contributed by atoms with Crippen LogP contribution in [-0.4, -0.2) is 39.5 Å². The predicted molar refractivity (Wildman–Crippen MR) is 78.0 cm³/mol. The average Bonchev–Trinajstić information content (AvgIpc) is 3.12. The van der Waals surface area contributed by atoms with E-state index >= 15 is 0 Å². The van der Waals surface area contributed by atoms with Crippen LogP contribution in [0.2, 0.25) is 0 Å². The molecule has 1 aromatic heterocycles. The van der Waals surface area contributed by atoms with E-state index < -0.39 is 0 Å². The van der Waals surface area contributed by atoms with Crippen LogP contribution in [0, 0.1) is 0 Å². The molecule has 1 aromatic rings. The summed E-state index contributed by atoms with van der Waals surface area (Å²) < 4.78 is 1.78. The van der Waals surface area contributed by atoms with Crippen LogP contribution in [0.5, 0.6) is 0 Å². The van der Waals surface area contributed by atoms with Crippen molar-refractivity contribution in [2.45, 2.75) is 57.2 Å². The summed E-state index contributed by atoms with van der Waals surface area (Å²) in [7, 11) is 0. The summed E-state index contributed by atoms with van der Waals surface area (Å²) in [6.07, 6.45) is 8.81. The monoisotopic (exact) mass is 299 g/mol. The summed E-state index contributed by atoms with van der Waals surface area (Å²) in [5.41, 5.74) is 0.434. The maximum Gasteiger partial charge on any atom is 0.273 e. The van der Waals surface area contributed by atoms with Crippen molar-refractivity contribution in [2.75, 3.05) is 6.54 Å². The molecule has 2 aliphatic rings. The molecule has 1 atom stereocenters. The van der Waals surface area contributed by atoms with E-state index in [1.54, 1.807) is 10.9 Å². The third-order valence-electron chi connectivity index (χ3n) is 3.80. The number of carbonyl (C=O) groups is 1. The molecule has 7 heteroatoms. The number of hydrogen-bond donors (Lipinski definition) is 2. The largest absolute Gasteiger partial charge is 0.348 e. The van der Waals surface area contributed by atoms with Crippen LogP contribution in [-0.2, 0) is 6.54 Å². The molecule has 112 valence electrons. The van der Waals surface area contributed by atoms with Crippen LogP contribution in [0.25, 0.3) is 0 Å². The van der Waals surface area contributed by atoms with Gasteiger partial charge >= 0.3 is 0 Å². The molecular weight excluding hydrogens is 278 g/mol. The van der Waals surface area contributed by atoms with Gasteiger partial charge in [-0.15, -0.1) is 17.5 Å². The van der Waals surface area contributed by atoms with Gasteiger partial charge in [-0.25, -0.2) is 0 Å². The lowest BCUT2D eigenvalue weighted by Crippen LogP contribution is -2.34. The average molecular weight is 300 g/mol. The zero-order chi connectivity index (χ0) is 13.1. The lowest BCUT2D eigenvalue weighted by molar-refractivity contribution is 0.0946. The second kappa shape index (κ2) is 7.04. The standard InChI is InChI=1S/C13H21N5O.ClH/c19-13(15-11-4-5-11)12-9-18(17-16-12)8-6-10-3-1-2-7-14-10;/h9-11,14H,1-8H2,(H,15,19);1H. The lowest BCUT2D eigenvalue weighted by atomic mass is 10.0. The normalized spacial score (nSPS) is 22.1. The third-order valence-corrected chi connectivity index (χ3v) is 3.80. The van der Waals surface area contributed by atoms with E-state index in [9.17, 15) is 4.79 Å². The first-order chi connectivity index (χ1) is 9.31. The van der Waals surface area contributed by atoms with Gasteiger partial charge < -0.3 is 10.6 Å². The van der Waals surface area contributed by atoms with Crippen LogP contribution in [0.15, 0.2) is 6.20 Å². The summed E-state index contributed by atoms with van der Waals surface area (Å²) in [6, 6.07) is 0.950. The first-order valence-corrected chi connectivity index (χ1v) is 7.25. The number of aryl methyl sites for hydroxylation is 1. The highest BCUT2D eigenvalue weighted by Crippen LogP contribution is 2.19. The molecule has 1 aliphatic heterocycles. The van der Waals surface area contributed by atoms with Gasteiger partial charge in [0, 0.05) is 18.6 Å². The Morgan fingerprint density at radius 2 is 2.25 bits per heavy atom. The number of piperidine rings is 1. The highest BCUT2D eigenvalue weighted by Gasteiger charge is 2.25. The van der Waals surface area contributed by atoms with Gasteiger partial charge in [0.1, 0.15) is 0 Å². The Bertz CT molecular complexity index is 440. The number of nitrogens with zero attached hydrogens (tertiary/aromatic N) is 3. The highest BCUT2D eigenvalue weighted by atomic mass is 35.5. The molecule has 0 radical (unpaired) electrons. The fraction of sp³-hybridized carbons (Fsp3) is 0.769. The highest BCUT2D eigenvalue weighted by molar-refractivity contribution is 5.92. The first-order valence-electron chi connectivity index (χ1n) is 7.25. The van der Waals surface area contributed by atoms with Crippen molar-refractivity contribution >= 4 is 18.3 Å². The van der Waals surface area contributed by atoms with E-state index in [-0.39, 0.29) is 18.3 Å². The zero-order valence-electron chi connectivity index (χ0n) is 11.5. The number of halogens is 1. The fourth-order valence-electron chi connectivity index (χ4n) is 2.46. The number of aromatic nitrogens is 3. The van der Waals surface area contributed by atoms with Gasteiger partial charge in [0.2, 0.25) is 0 Å². The molecule has 0 bridgehead atoms. The Hall–Kier alpha value is -1.14. The molecule has 2 N–H and O–H groups in total. The summed E-state index contributed by atoms with van der Waals surface area (Å²) in [6.45, 7) is 1.94. The molecular formula is C13H22ClN5O. The molecule has 1 saturated carbocycles. The Morgan fingerprint density at radius 3 is 2.95 bits per heavy atom. The molecule has 1 saturated heterocycles. The Morgan fingerprint density at radius 1 is 1.40 bits per heavy atom. The summed E-state index contributed by atoms with van der Waals surface area (Å²) >= 11 is 0. The van der Waals surface area contributed by atoms with Crippen molar-refractivity contribution < 1.29 is 4.79 Å². The molecule has 3 rings (SSSR count). The minimum absolute atomic E-state index is 0. The van der Waals surface area contributed by atoms with Gasteiger partial charge in [-0.2, -0.15) is 0 Å².